The highest BCUT2D eigenvalue weighted by Gasteiger charge is 2.28. The van der Waals surface area contributed by atoms with E-state index < -0.39 is 16.0 Å². The van der Waals surface area contributed by atoms with Crippen LogP contribution in [0.5, 0.6) is 5.75 Å². The van der Waals surface area contributed by atoms with Crippen LogP contribution in [0, 0.1) is 0 Å². The Kier molecular flexibility index (Phi) is 8.24. The van der Waals surface area contributed by atoms with Crippen molar-refractivity contribution >= 4 is 38.8 Å². The summed E-state index contributed by atoms with van der Waals surface area (Å²) in [6, 6.07) is 10.4. The van der Waals surface area contributed by atoms with Gasteiger partial charge in [-0.2, -0.15) is 4.31 Å². The third-order valence-electron chi connectivity index (χ3n) is 6.77. The second-order valence-electron chi connectivity index (χ2n) is 9.11. The maximum Gasteiger partial charge on any atom is 0.337 e. The third kappa shape index (κ3) is 5.55. The lowest BCUT2D eigenvalue weighted by Crippen LogP contribution is -2.40. The fourth-order valence-electron chi connectivity index (χ4n) is 4.71. The molecule has 2 saturated heterocycles. The monoisotopic (exact) mass is 561 g/mol. The Hall–Kier alpha value is -2.64. The fraction of sp³-hybridized carbons (Fsp3) is 0.462. The number of methoxy groups -OCH3 is 2. The van der Waals surface area contributed by atoms with Crippen molar-refractivity contribution < 1.29 is 32.2 Å². The van der Waals surface area contributed by atoms with E-state index in [0.717, 1.165) is 35.7 Å². The van der Waals surface area contributed by atoms with E-state index in [-0.39, 0.29) is 11.0 Å². The summed E-state index contributed by atoms with van der Waals surface area (Å²) in [5, 5.41) is 0.760. The van der Waals surface area contributed by atoms with E-state index in [2.05, 4.69) is 4.57 Å². The Balaban J connectivity index is 1.46. The molecule has 0 spiro atoms. The molecule has 38 heavy (non-hydrogen) atoms. The van der Waals surface area contributed by atoms with Crippen LogP contribution in [-0.4, -0.2) is 81.5 Å². The quantitative estimate of drug-likeness (QED) is 0.287. The smallest absolute Gasteiger partial charge is 0.337 e. The number of carbonyl (C=O) groups excluding carboxylic acids is 1. The van der Waals surface area contributed by atoms with Crippen LogP contribution < -0.4 is 4.74 Å². The molecule has 1 aromatic heterocycles. The van der Waals surface area contributed by atoms with E-state index in [4.69, 9.17) is 23.9 Å². The van der Waals surface area contributed by atoms with Crippen LogP contribution in [0.2, 0.25) is 0 Å². The second-order valence-corrected chi connectivity index (χ2v) is 12.0. The number of hydrogen-bond acceptors (Lipinski definition) is 9. The van der Waals surface area contributed by atoms with E-state index >= 15 is 0 Å². The first-order valence-electron chi connectivity index (χ1n) is 12.5. The second kappa shape index (κ2) is 11.6. The van der Waals surface area contributed by atoms with Gasteiger partial charge in [0, 0.05) is 31.0 Å². The van der Waals surface area contributed by atoms with Crippen LogP contribution in [0.25, 0.3) is 11.0 Å². The van der Waals surface area contributed by atoms with Gasteiger partial charge in [-0.15, -0.1) is 0 Å². The van der Waals surface area contributed by atoms with Crippen molar-refractivity contribution in [1.29, 1.82) is 0 Å². The zero-order valence-corrected chi connectivity index (χ0v) is 23.1. The molecule has 0 amide bonds. The Morgan fingerprint density at radius 3 is 2.66 bits per heavy atom. The molecule has 2 fully saturated rings. The fourth-order valence-corrected chi connectivity index (χ4v) is 7.16. The summed E-state index contributed by atoms with van der Waals surface area (Å²) >= 11 is 1.52. The van der Waals surface area contributed by atoms with Crippen LogP contribution in [0.15, 0.2) is 46.5 Å². The number of carbonyl (C=O) groups is 1. The number of imidazole rings is 1. The molecule has 5 rings (SSSR count). The first kappa shape index (κ1) is 26.9. The van der Waals surface area contributed by atoms with Gasteiger partial charge in [-0.05, 0) is 43.2 Å². The van der Waals surface area contributed by atoms with Crippen molar-refractivity contribution in [3.05, 3.63) is 47.5 Å². The van der Waals surface area contributed by atoms with Gasteiger partial charge < -0.3 is 23.5 Å². The minimum Gasteiger partial charge on any atom is -0.496 e. The molecule has 2 aliphatic rings. The number of sulfonamides is 1. The summed E-state index contributed by atoms with van der Waals surface area (Å²) in [5.74, 6) is 0.697. The lowest BCUT2D eigenvalue weighted by Gasteiger charge is -2.26. The minimum absolute atomic E-state index is 0.0809. The highest BCUT2D eigenvalue weighted by atomic mass is 32.2. The van der Waals surface area contributed by atoms with Crippen LogP contribution in [0.1, 0.15) is 28.8 Å². The molecule has 2 aliphatic heterocycles. The standard InChI is InChI=1S/C26H31N3O7S2/c1-33-24-14-18(25(30)34-2)5-6-19(24)17-37-26-27-22-15-21(38(31,32)28-9-12-35-13-10-28)7-8-23(22)29(26)16-20-4-3-11-36-20/h5-8,14-15,20H,3-4,9-13,16-17H2,1-2H3. The number of fused-ring (bicyclic) bond motifs is 1. The van der Waals surface area contributed by atoms with Crippen LogP contribution in [0.4, 0.5) is 0 Å². The van der Waals surface area contributed by atoms with E-state index in [1.807, 2.05) is 12.1 Å². The molecule has 3 heterocycles. The molecule has 10 nitrogen and oxygen atoms in total. The lowest BCUT2D eigenvalue weighted by atomic mass is 10.1. The number of thioether (sulfide) groups is 1. The summed E-state index contributed by atoms with van der Waals surface area (Å²) in [6.45, 7) is 2.83. The highest BCUT2D eigenvalue weighted by Crippen LogP contribution is 2.33. The maximum absolute atomic E-state index is 13.2. The number of morpholine rings is 1. The maximum atomic E-state index is 13.2. The van der Waals surface area contributed by atoms with Gasteiger partial charge in [0.05, 0.1) is 61.6 Å². The van der Waals surface area contributed by atoms with Gasteiger partial charge in [-0.25, -0.2) is 18.2 Å². The highest BCUT2D eigenvalue weighted by molar-refractivity contribution is 7.98. The van der Waals surface area contributed by atoms with Gasteiger partial charge in [0.15, 0.2) is 5.16 Å². The van der Waals surface area contributed by atoms with Gasteiger partial charge in [0.25, 0.3) is 0 Å². The minimum atomic E-state index is -3.64. The Bertz CT molecular complexity index is 1410. The van der Waals surface area contributed by atoms with Gasteiger partial charge in [-0.1, -0.05) is 17.8 Å². The molecule has 12 heteroatoms. The summed E-state index contributed by atoms with van der Waals surface area (Å²) in [5.41, 5.74) is 2.79. The average Bonchev–Trinajstić information content (AvgIpc) is 3.59. The molecular formula is C26H31N3O7S2. The van der Waals surface area contributed by atoms with E-state index in [9.17, 15) is 13.2 Å². The van der Waals surface area contributed by atoms with Crippen LogP contribution in [0.3, 0.4) is 0 Å². The molecule has 1 unspecified atom stereocenters. The van der Waals surface area contributed by atoms with Gasteiger partial charge in [0.2, 0.25) is 10.0 Å². The summed E-state index contributed by atoms with van der Waals surface area (Å²) < 4.78 is 51.6. The predicted octanol–water partition coefficient (Wildman–Crippen LogP) is 3.32. The summed E-state index contributed by atoms with van der Waals surface area (Å²) in [7, 11) is -0.734. The first-order chi connectivity index (χ1) is 18.4. The van der Waals surface area contributed by atoms with Crippen LogP contribution in [-0.2, 0) is 36.5 Å². The number of hydrogen-bond donors (Lipinski definition) is 0. The Morgan fingerprint density at radius 2 is 1.95 bits per heavy atom. The lowest BCUT2D eigenvalue weighted by molar-refractivity contribution is 0.0600. The van der Waals surface area contributed by atoms with Crippen molar-refractivity contribution in [1.82, 2.24) is 13.9 Å². The molecule has 0 saturated carbocycles. The summed E-state index contributed by atoms with van der Waals surface area (Å²) in [6.07, 6.45) is 2.07. The molecule has 204 valence electrons. The first-order valence-corrected chi connectivity index (χ1v) is 14.9. The summed E-state index contributed by atoms with van der Waals surface area (Å²) in [4.78, 5) is 17.0. The number of benzene rings is 2. The number of esters is 1. The zero-order chi connectivity index (χ0) is 26.7. The van der Waals surface area contributed by atoms with Crippen molar-refractivity contribution in [2.24, 2.45) is 0 Å². The predicted molar refractivity (Wildman–Crippen MR) is 142 cm³/mol. The molecule has 0 aliphatic carbocycles. The number of aromatic nitrogens is 2. The van der Waals surface area contributed by atoms with Crippen molar-refractivity contribution in [2.75, 3.05) is 47.1 Å². The molecule has 0 bridgehead atoms. The van der Waals surface area contributed by atoms with Crippen molar-refractivity contribution in [3.8, 4) is 5.75 Å². The molecule has 3 aromatic rings. The average molecular weight is 562 g/mol. The molecular weight excluding hydrogens is 530 g/mol. The number of ether oxygens (including phenoxy) is 4. The van der Waals surface area contributed by atoms with E-state index in [1.54, 1.807) is 31.4 Å². The van der Waals surface area contributed by atoms with Crippen LogP contribution >= 0.6 is 11.8 Å². The SMILES string of the molecule is COC(=O)c1ccc(CSc2nc3cc(S(=O)(=O)N4CCOCC4)ccc3n2CC2CCCO2)c(OC)c1. The van der Waals surface area contributed by atoms with Gasteiger partial charge >= 0.3 is 5.97 Å². The number of rotatable bonds is 9. The van der Waals surface area contributed by atoms with Crippen molar-refractivity contribution in [3.63, 3.8) is 0 Å². The number of nitrogens with zero attached hydrogens (tertiary/aromatic N) is 3. The van der Waals surface area contributed by atoms with E-state index in [1.165, 1.54) is 23.2 Å². The van der Waals surface area contributed by atoms with Crippen molar-refractivity contribution in [2.45, 2.75) is 41.3 Å². The van der Waals surface area contributed by atoms with Gasteiger partial charge in [-0.3, -0.25) is 0 Å². The largest absolute Gasteiger partial charge is 0.496 e. The van der Waals surface area contributed by atoms with Gasteiger partial charge in [0.1, 0.15) is 5.75 Å². The Morgan fingerprint density at radius 1 is 1.13 bits per heavy atom. The molecule has 0 N–H and O–H groups in total. The zero-order valence-electron chi connectivity index (χ0n) is 21.4. The van der Waals surface area contributed by atoms with E-state index in [0.29, 0.717) is 55.4 Å². The molecule has 2 aromatic carbocycles. The Labute approximate surface area is 226 Å². The normalized spacial score (nSPS) is 18.6. The molecule has 0 radical (unpaired) electrons. The molecule has 1 atom stereocenters. The third-order valence-corrected chi connectivity index (χ3v) is 9.69. The topological polar surface area (TPSA) is 109 Å².